The second-order valence-electron chi connectivity index (χ2n) is 4.73. The van der Waals surface area contributed by atoms with Crippen LogP contribution in [0.5, 0.6) is 0 Å². The van der Waals surface area contributed by atoms with Crippen LogP contribution in [0.4, 0.5) is 0 Å². The lowest BCUT2D eigenvalue weighted by Gasteiger charge is -2.11. The number of rotatable bonds is 10. The second kappa shape index (κ2) is 10.6. The largest absolute Gasteiger partial charge is 0.478 e. The molecule has 0 heterocycles. The molecule has 0 fully saturated rings. The number of carbonyl (C=O) groups excluding carboxylic acids is 1. The summed E-state index contributed by atoms with van der Waals surface area (Å²) in [5, 5.41) is 18.3. The second-order valence-corrected chi connectivity index (χ2v) is 4.73. The molecule has 0 aliphatic carbocycles. The summed E-state index contributed by atoms with van der Waals surface area (Å²) in [5.74, 6) is -3.89. The summed E-state index contributed by atoms with van der Waals surface area (Å²) in [6.45, 7) is 5.36. The van der Waals surface area contributed by atoms with E-state index in [1.807, 2.05) is 6.92 Å². The lowest BCUT2D eigenvalue weighted by Crippen LogP contribution is -2.17. The topological polar surface area (TPSA) is 101 Å². The molecule has 22 heavy (non-hydrogen) atoms. The number of ether oxygens (including phenoxy) is 1. The number of esters is 1. The Labute approximate surface area is 130 Å². The van der Waals surface area contributed by atoms with Crippen molar-refractivity contribution in [2.45, 2.75) is 46.5 Å². The highest BCUT2D eigenvalue weighted by Crippen LogP contribution is 2.17. The van der Waals surface area contributed by atoms with E-state index in [9.17, 15) is 19.5 Å². The van der Waals surface area contributed by atoms with E-state index in [1.165, 1.54) is 12.2 Å². The standard InChI is InChI=1S/C16H24O6/c1-4-7-8-12(15(19)20)10-13(16(21)22-6-3)9-11(5-2)14(17)18/h9-10,13H,4-8H2,1-3H3,(H,17,18)(H,19,20). The zero-order valence-corrected chi connectivity index (χ0v) is 13.3. The predicted octanol–water partition coefficient (Wildman–Crippen LogP) is 2.79. The fourth-order valence-electron chi connectivity index (χ4n) is 1.83. The fraction of sp³-hybridized carbons (Fsp3) is 0.562. The normalized spacial score (nSPS) is 13.6. The molecule has 0 bridgehead atoms. The number of hydrogen-bond acceptors (Lipinski definition) is 4. The monoisotopic (exact) mass is 312 g/mol. The van der Waals surface area contributed by atoms with E-state index in [0.717, 1.165) is 6.42 Å². The smallest absolute Gasteiger partial charge is 0.331 e. The molecule has 0 aliphatic rings. The van der Waals surface area contributed by atoms with Crippen molar-refractivity contribution in [3.8, 4) is 0 Å². The third-order valence-electron chi connectivity index (χ3n) is 3.05. The highest BCUT2D eigenvalue weighted by Gasteiger charge is 2.20. The first-order valence-electron chi connectivity index (χ1n) is 7.41. The van der Waals surface area contributed by atoms with Gasteiger partial charge in [0.2, 0.25) is 0 Å². The van der Waals surface area contributed by atoms with Crippen molar-refractivity contribution in [1.82, 2.24) is 0 Å². The molecule has 6 heteroatoms. The summed E-state index contributed by atoms with van der Waals surface area (Å²) in [5.41, 5.74) is 0.145. The lowest BCUT2D eigenvalue weighted by atomic mass is 9.98. The molecule has 6 nitrogen and oxygen atoms in total. The van der Waals surface area contributed by atoms with Crippen LogP contribution in [0.15, 0.2) is 23.3 Å². The Morgan fingerprint density at radius 2 is 1.55 bits per heavy atom. The van der Waals surface area contributed by atoms with Gasteiger partial charge in [-0.05, 0) is 26.2 Å². The summed E-state index contributed by atoms with van der Waals surface area (Å²) >= 11 is 0. The van der Waals surface area contributed by atoms with E-state index >= 15 is 0 Å². The minimum atomic E-state index is -1.13. The third-order valence-corrected chi connectivity index (χ3v) is 3.05. The molecule has 0 amide bonds. The zero-order chi connectivity index (χ0) is 17.1. The van der Waals surface area contributed by atoms with E-state index in [1.54, 1.807) is 13.8 Å². The van der Waals surface area contributed by atoms with Crippen molar-refractivity contribution < 1.29 is 29.3 Å². The van der Waals surface area contributed by atoms with Gasteiger partial charge in [0, 0.05) is 11.1 Å². The van der Waals surface area contributed by atoms with Gasteiger partial charge in [-0.3, -0.25) is 4.79 Å². The molecule has 0 aromatic rings. The molecular weight excluding hydrogens is 288 g/mol. The van der Waals surface area contributed by atoms with Crippen molar-refractivity contribution in [3.05, 3.63) is 23.3 Å². The van der Waals surface area contributed by atoms with Crippen molar-refractivity contribution >= 4 is 17.9 Å². The molecule has 124 valence electrons. The van der Waals surface area contributed by atoms with E-state index in [0.29, 0.717) is 12.8 Å². The summed E-state index contributed by atoms with van der Waals surface area (Å²) in [4.78, 5) is 34.3. The molecule has 1 unspecified atom stereocenters. The van der Waals surface area contributed by atoms with Gasteiger partial charge < -0.3 is 14.9 Å². The van der Waals surface area contributed by atoms with Gasteiger partial charge in [-0.25, -0.2) is 9.59 Å². The molecule has 0 rings (SSSR count). The summed E-state index contributed by atoms with van der Waals surface area (Å²) in [6, 6.07) is 0. The molecule has 2 N–H and O–H groups in total. The van der Waals surface area contributed by atoms with E-state index < -0.39 is 23.8 Å². The van der Waals surface area contributed by atoms with Gasteiger partial charge in [0.05, 0.1) is 12.5 Å². The third kappa shape index (κ3) is 7.06. The van der Waals surface area contributed by atoms with Crippen LogP contribution in [0.1, 0.15) is 46.5 Å². The molecule has 0 aromatic carbocycles. The maximum Gasteiger partial charge on any atom is 0.331 e. The summed E-state index contributed by atoms with van der Waals surface area (Å²) < 4.78 is 4.90. The Kier molecular flexibility index (Phi) is 9.58. The van der Waals surface area contributed by atoms with Crippen LogP contribution >= 0.6 is 0 Å². The Balaban J connectivity index is 5.59. The van der Waals surface area contributed by atoms with Gasteiger partial charge in [-0.1, -0.05) is 32.4 Å². The van der Waals surface area contributed by atoms with Crippen LogP contribution < -0.4 is 0 Å². The maximum absolute atomic E-state index is 12.0. The highest BCUT2D eigenvalue weighted by molar-refractivity contribution is 5.90. The fourth-order valence-corrected chi connectivity index (χ4v) is 1.83. The number of unbranched alkanes of at least 4 members (excludes halogenated alkanes) is 1. The molecule has 0 saturated heterocycles. The first-order valence-corrected chi connectivity index (χ1v) is 7.41. The number of aliphatic carboxylic acids is 2. The number of carboxylic acid groups (broad SMARTS) is 2. The van der Waals surface area contributed by atoms with Crippen LogP contribution in [-0.4, -0.2) is 34.7 Å². The molecule has 0 radical (unpaired) electrons. The number of hydrogen-bond donors (Lipinski definition) is 2. The molecular formula is C16H24O6. The van der Waals surface area contributed by atoms with Gasteiger partial charge in [0.1, 0.15) is 0 Å². The SMILES string of the molecule is CCCCC(=CC(C=C(CC)C(=O)O)C(=O)OCC)C(=O)O. The van der Waals surface area contributed by atoms with E-state index in [-0.39, 0.29) is 24.2 Å². The predicted molar refractivity (Wildman–Crippen MR) is 81.4 cm³/mol. The van der Waals surface area contributed by atoms with Crippen molar-refractivity contribution in [2.24, 2.45) is 5.92 Å². The average molecular weight is 312 g/mol. The molecule has 0 spiro atoms. The average Bonchev–Trinajstić information content (AvgIpc) is 2.46. The molecule has 0 aliphatic heterocycles. The van der Waals surface area contributed by atoms with Crippen LogP contribution in [0.25, 0.3) is 0 Å². The Morgan fingerprint density at radius 1 is 1.00 bits per heavy atom. The Morgan fingerprint density at radius 3 is 1.95 bits per heavy atom. The van der Waals surface area contributed by atoms with Gasteiger partial charge in [0.15, 0.2) is 0 Å². The maximum atomic E-state index is 12.0. The quantitative estimate of drug-likeness (QED) is 0.475. The lowest BCUT2D eigenvalue weighted by molar-refractivity contribution is -0.144. The van der Waals surface area contributed by atoms with Crippen LogP contribution in [0.3, 0.4) is 0 Å². The first kappa shape index (κ1) is 19.9. The van der Waals surface area contributed by atoms with Gasteiger partial charge in [-0.2, -0.15) is 0 Å². The minimum absolute atomic E-state index is 0.0505. The first-order chi connectivity index (χ1) is 10.4. The highest BCUT2D eigenvalue weighted by atomic mass is 16.5. The Hall–Kier alpha value is -2.11. The van der Waals surface area contributed by atoms with Gasteiger partial charge >= 0.3 is 17.9 Å². The van der Waals surface area contributed by atoms with Crippen molar-refractivity contribution in [3.63, 3.8) is 0 Å². The van der Waals surface area contributed by atoms with Crippen LogP contribution in [0.2, 0.25) is 0 Å². The van der Waals surface area contributed by atoms with Gasteiger partial charge in [-0.15, -0.1) is 0 Å². The zero-order valence-electron chi connectivity index (χ0n) is 13.3. The van der Waals surface area contributed by atoms with E-state index in [4.69, 9.17) is 9.84 Å². The number of carbonyl (C=O) groups is 3. The summed E-state index contributed by atoms with van der Waals surface area (Å²) in [7, 11) is 0. The number of carboxylic acids is 2. The minimum Gasteiger partial charge on any atom is -0.478 e. The van der Waals surface area contributed by atoms with Crippen LogP contribution in [-0.2, 0) is 19.1 Å². The molecule has 0 saturated carbocycles. The van der Waals surface area contributed by atoms with Gasteiger partial charge in [0.25, 0.3) is 0 Å². The van der Waals surface area contributed by atoms with Crippen LogP contribution in [0, 0.1) is 5.92 Å². The van der Waals surface area contributed by atoms with Crippen molar-refractivity contribution in [2.75, 3.05) is 6.61 Å². The Bertz CT molecular complexity index is 461. The molecule has 1 atom stereocenters. The molecule has 0 aromatic heterocycles. The van der Waals surface area contributed by atoms with Crippen molar-refractivity contribution in [1.29, 1.82) is 0 Å². The summed E-state index contributed by atoms with van der Waals surface area (Å²) in [6.07, 6.45) is 4.60. The van der Waals surface area contributed by atoms with E-state index in [2.05, 4.69) is 0 Å².